The van der Waals surface area contributed by atoms with Crippen LogP contribution < -0.4 is 52.7 Å². The van der Waals surface area contributed by atoms with Gasteiger partial charge < -0.3 is 57.6 Å². The van der Waals surface area contributed by atoms with Gasteiger partial charge in [-0.15, -0.1) is 0 Å². The summed E-state index contributed by atoms with van der Waals surface area (Å²) in [7, 11) is 1.41. The van der Waals surface area contributed by atoms with Crippen molar-refractivity contribution in [2.45, 2.75) is 77.0 Å². The SMILES string of the molecule is Cc1nc(-c2ccc3c(c2)OCC3(C)C)nc(C)c1C(=O)NC(CCN)C(=O)N(C)C1C(=O)NC(C)C(=O)NC(C(=O)NCC#N)Cc2ccc(OCCN)c(c2)-c2cc1ccc2OCCN. The number of rotatable bonds is 15. The summed E-state index contributed by atoms with van der Waals surface area (Å²) in [4.78, 5) is 81.2. The van der Waals surface area contributed by atoms with Gasteiger partial charge in [-0.25, -0.2) is 9.97 Å². The Bertz CT molecular complexity index is 2550. The van der Waals surface area contributed by atoms with Crippen molar-refractivity contribution >= 4 is 29.5 Å². The fraction of sp³-hybridized carbons (Fsp3) is 0.417. The van der Waals surface area contributed by atoms with Crippen molar-refractivity contribution < 1.29 is 38.2 Å². The molecule has 354 valence electrons. The number of nitrogens with two attached hydrogens (primary N) is 3. The van der Waals surface area contributed by atoms with Crippen LogP contribution >= 0.6 is 0 Å². The summed E-state index contributed by atoms with van der Waals surface area (Å²) in [5.41, 5.74) is 22.2. The fourth-order valence-corrected chi connectivity index (χ4v) is 8.21. The molecule has 0 spiro atoms. The largest absolute Gasteiger partial charge is 0.492 e. The second-order valence-corrected chi connectivity index (χ2v) is 17.2. The molecule has 3 aromatic carbocycles. The van der Waals surface area contributed by atoms with Crippen molar-refractivity contribution in [3.63, 3.8) is 0 Å². The van der Waals surface area contributed by atoms with Crippen LogP contribution in [0.15, 0.2) is 54.6 Å². The first-order valence-electron chi connectivity index (χ1n) is 22.1. The molecule has 4 aromatic rings. The molecule has 4 bridgehead atoms. The van der Waals surface area contributed by atoms with Crippen LogP contribution in [-0.2, 0) is 31.0 Å². The molecule has 19 heteroatoms. The van der Waals surface area contributed by atoms with Gasteiger partial charge in [-0.2, -0.15) is 5.26 Å². The molecule has 4 atom stereocenters. The first-order valence-corrected chi connectivity index (χ1v) is 22.1. The zero-order valence-electron chi connectivity index (χ0n) is 38.7. The molecule has 10 N–H and O–H groups in total. The van der Waals surface area contributed by atoms with E-state index in [4.69, 9.17) is 31.4 Å². The van der Waals surface area contributed by atoms with Crippen LogP contribution in [0.5, 0.6) is 17.2 Å². The van der Waals surface area contributed by atoms with E-state index < -0.39 is 53.7 Å². The van der Waals surface area contributed by atoms with E-state index in [9.17, 15) is 29.2 Å². The van der Waals surface area contributed by atoms with Gasteiger partial charge in [0.15, 0.2) is 5.82 Å². The Hall–Kier alpha value is -7.14. The average Bonchev–Trinajstić information content (AvgIpc) is 3.61. The average molecular weight is 918 g/mol. The van der Waals surface area contributed by atoms with Crippen molar-refractivity contribution in [1.82, 2.24) is 36.1 Å². The van der Waals surface area contributed by atoms with E-state index >= 15 is 0 Å². The van der Waals surface area contributed by atoms with Crippen LogP contribution in [0.1, 0.15) is 71.7 Å². The normalized spacial score (nSPS) is 17.8. The molecule has 19 nitrogen and oxygen atoms in total. The third-order valence-electron chi connectivity index (χ3n) is 11.7. The molecule has 0 aliphatic carbocycles. The Morgan fingerprint density at radius 2 is 1.58 bits per heavy atom. The number of ether oxygens (including phenoxy) is 3. The summed E-state index contributed by atoms with van der Waals surface area (Å²) < 4.78 is 18.1. The van der Waals surface area contributed by atoms with Crippen LogP contribution in [0.4, 0.5) is 0 Å². The van der Waals surface area contributed by atoms with E-state index in [1.54, 1.807) is 50.2 Å². The Kier molecular flexibility index (Phi) is 15.8. The maximum absolute atomic E-state index is 14.8. The summed E-state index contributed by atoms with van der Waals surface area (Å²) in [6, 6.07) is 12.8. The lowest BCUT2D eigenvalue weighted by Gasteiger charge is -2.32. The number of nitrogens with zero attached hydrogens (tertiary/aromatic N) is 4. The molecule has 4 unspecified atom stereocenters. The summed E-state index contributed by atoms with van der Waals surface area (Å²) in [6.45, 7) is 9.92. The van der Waals surface area contributed by atoms with Crippen LogP contribution in [-0.4, -0.2) is 116 Å². The van der Waals surface area contributed by atoms with E-state index in [2.05, 4.69) is 45.1 Å². The zero-order chi connectivity index (χ0) is 48.6. The van der Waals surface area contributed by atoms with Crippen molar-refractivity contribution in [2.24, 2.45) is 17.2 Å². The number of hydrogen-bond acceptors (Lipinski definition) is 14. The Morgan fingerprint density at radius 3 is 2.22 bits per heavy atom. The highest BCUT2D eigenvalue weighted by Gasteiger charge is 2.37. The molecule has 1 aromatic heterocycles. The predicted octanol–water partition coefficient (Wildman–Crippen LogP) is 1.60. The third kappa shape index (κ3) is 11.1. The molecule has 0 fully saturated rings. The molecular formula is C48H59N11O8. The molecular weight excluding hydrogens is 859 g/mol. The third-order valence-corrected chi connectivity index (χ3v) is 11.7. The van der Waals surface area contributed by atoms with Gasteiger partial charge in [-0.05, 0) is 75.2 Å². The number of nitriles is 1. The first kappa shape index (κ1) is 49.3. The quantitative estimate of drug-likeness (QED) is 0.0835. The molecule has 3 heterocycles. The second kappa shape index (κ2) is 21.4. The van der Waals surface area contributed by atoms with Gasteiger partial charge in [-0.3, -0.25) is 24.0 Å². The number of aromatic nitrogens is 2. The van der Waals surface area contributed by atoms with Gasteiger partial charge in [0.05, 0.1) is 29.6 Å². The topological polar surface area (TPSA) is 292 Å². The summed E-state index contributed by atoms with van der Waals surface area (Å²) >= 11 is 0. The number of carbonyl (C=O) groups excluding carboxylic acids is 5. The Balaban J connectivity index is 1.38. The molecule has 2 aliphatic rings. The molecule has 0 radical (unpaired) electrons. The Labute approximate surface area is 389 Å². The zero-order valence-corrected chi connectivity index (χ0v) is 38.7. The van der Waals surface area contributed by atoms with Gasteiger partial charge in [0.1, 0.15) is 61.2 Å². The van der Waals surface area contributed by atoms with Crippen molar-refractivity contribution in [1.29, 1.82) is 5.26 Å². The minimum absolute atomic E-state index is 0.00136. The number of hydrogen-bond donors (Lipinski definition) is 7. The minimum atomic E-state index is -1.41. The smallest absolute Gasteiger partial charge is 0.255 e. The number of nitrogens with one attached hydrogen (secondary N) is 4. The molecule has 0 saturated carbocycles. The monoisotopic (exact) mass is 917 g/mol. The maximum Gasteiger partial charge on any atom is 0.255 e. The molecule has 67 heavy (non-hydrogen) atoms. The lowest BCUT2D eigenvalue weighted by Crippen LogP contribution is -2.56. The molecule has 0 saturated heterocycles. The van der Waals surface area contributed by atoms with Gasteiger partial charge in [-0.1, -0.05) is 38.1 Å². The molecule has 6 rings (SSSR count). The second-order valence-electron chi connectivity index (χ2n) is 17.2. The fourth-order valence-electron chi connectivity index (χ4n) is 8.21. The number of fused-ring (bicyclic) bond motifs is 6. The van der Waals surface area contributed by atoms with E-state index in [1.165, 1.54) is 18.9 Å². The predicted molar refractivity (Wildman–Crippen MR) is 249 cm³/mol. The van der Waals surface area contributed by atoms with E-state index in [0.717, 1.165) is 16.9 Å². The highest BCUT2D eigenvalue weighted by molar-refractivity contribution is 6.00. The first-order chi connectivity index (χ1) is 32.0. The highest BCUT2D eigenvalue weighted by atomic mass is 16.5. The van der Waals surface area contributed by atoms with Gasteiger partial charge >= 0.3 is 0 Å². The van der Waals surface area contributed by atoms with Crippen molar-refractivity contribution in [2.75, 3.05) is 53.0 Å². The maximum atomic E-state index is 14.8. The Morgan fingerprint density at radius 1 is 0.925 bits per heavy atom. The lowest BCUT2D eigenvalue weighted by molar-refractivity contribution is -0.141. The van der Waals surface area contributed by atoms with Gasteiger partial charge in [0.25, 0.3) is 5.91 Å². The minimum Gasteiger partial charge on any atom is -0.492 e. The van der Waals surface area contributed by atoms with Crippen LogP contribution in [0.25, 0.3) is 22.5 Å². The number of likely N-dealkylation sites (N-methyl/N-ethyl adjacent to an activating group) is 1. The van der Waals surface area contributed by atoms with Crippen molar-refractivity contribution in [3.8, 4) is 45.8 Å². The summed E-state index contributed by atoms with van der Waals surface area (Å²) in [6.07, 6.45) is -0.00972. The summed E-state index contributed by atoms with van der Waals surface area (Å²) in [5, 5.41) is 19.9. The number of amides is 5. The van der Waals surface area contributed by atoms with Crippen LogP contribution in [0.2, 0.25) is 0 Å². The van der Waals surface area contributed by atoms with Crippen LogP contribution in [0, 0.1) is 25.2 Å². The van der Waals surface area contributed by atoms with Crippen LogP contribution in [0.3, 0.4) is 0 Å². The number of benzene rings is 3. The van der Waals surface area contributed by atoms with E-state index in [0.29, 0.717) is 57.6 Å². The molecule has 2 aliphatic heterocycles. The van der Waals surface area contributed by atoms with Gasteiger partial charge in [0.2, 0.25) is 23.6 Å². The van der Waals surface area contributed by atoms with Crippen molar-refractivity contribution in [3.05, 3.63) is 88.2 Å². The number of aryl methyl sites for hydroxylation is 2. The van der Waals surface area contributed by atoms with E-state index in [-0.39, 0.29) is 63.2 Å². The lowest BCUT2D eigenvalue weighted by atomic mass is 9.86. The van der Waals surface area contributed by atoms with Gasteiger partial charge in [0, 0.05) is 54.2 Å². The standard InChI is InChI=1S/C48H59N11O8/c1-26-40(27(2)55-42(54-26)31-8-10-34-39(24-31)67-25-48(34,4)5)45(62)57-35(13-14-49)47(64)59(6)41-30-9-12-38(66-20-17-52)33(23-30)32-21-29(7-11-37(32)65-19-16-51)22-36(44(61)53-18-15-50)58-43(60)28(3)56-46(41)63/h7-12,21,23-24,28,35-36,41H,13-14,16-20,22,25,49,51-52H2,1-6H3,(H,53,61)(H,56,63)(H,57,62)(H,58,60). The molecule has 5 amide bonds. The van der Waals surface area contributed by atoms with E-state index in [1.807, 2.05) is 24.3 Å². The highest BCUT2D eigenvalue weighted by Crippen LogP contribution is 2.42. The summed E-state index contributed by atoms with van der Waals surface area (Å²) in [5.74, 6) is -1.46. The number of carbonyl (C=O) groups is 5.